The fourth-order valence-electron chi connectivity index (χ4n) is 2.75. The summed E-state index contributed by atoms with van der Waals surface area (Å²) in [4.78, 5) is 0. The van der Waals surface area contributed by atoms with Crippen molar-refractivity contribution in [3.63, 3.8) is 0 Å². The number of anilines is 1. The van der Waals surface area contributed by atoms with Crippen molar-refractivity contribution in [1.29, 1.82) is 5.26 Å². The second-order valence-corrected chi connectivity index (χ2v) is 5.48. The maximum Gasteiger partial charge on any atom is 0.129 e. The molecule has 0 spiro atoms. The quantitative estimate of drug-likeness (QED) is 0.818. The van der Waals surface area contributed by atoms with E-state index in [1.807, 2.05) is 6.07 Å². The van der Waals surface area contributed by atoms with E-state index in [1.165, 1.54) is 44.6 Å². The summed E-state index contributed by atoms with van der Waals surface area (Å²) in [6, 6.07) is 5.05. The minimum absolute atomic E-state index is 0.303. The van der Waals surface area contributed by atoms with Crippen LogP contribution in [0.2, 0.25) is 0 Å². The van der Waals surface area contributed by atoms with Gasteiger partial charge in [-0.2, -0.15) is 5.26 Å². The van der Waals surface area contributed by atoms with Crippen LogP contribution in [0.3, 0.4) is 0 Å². The molecule has 1 aromatic carbocycles. The Morgan fingerprint density at radius 2 is 1.95 bits per heavy atom. The van der Waals surface area contributed by atoms with Gasteiger partial charge in [0.25, 0.3) is 0 Å². The molecular weight excluding hydrogens is 239 g/mol. The zero-order chi connectivity index (χ0) is 13.7. The van der Waals surface area contributed by atoms with Gasteiger partial charge in [-0.3, -0.25) is 0 Å². The lowest BCUT2D eigenvalue weighted by Crippen LogP contribution is -2.14. The predicted molar refractivity (Wildman–Crippen MR) is 75.5 cm³/mol. The highest BCUT2D eigenvalue weighted by Crippen LogP contribution is 2.25. The highest BCUT2D eigenvalue weighted by molar-refractivity contribution is 5.55. The molecule has 102 valence electrons. The lowest BCUT2D eigenvalue weighted by atomic mass is 10.00. The SMILES string of the molecule is Cc1c(F)cc(C#N)cc1NCC1CCCCCC1. The molecule has 0 bridgehead atoms. The van der Waals surface area contributed by atoms with Gasteiger partial charge in [-0.05, 0) is 37.8 Å². The number of hydrogen-bond donors (Lipinski definition) is 1. The second kappa shape index (κ2) is 6.56. The highest BCUT2D eigenvalue weighted by Gasteiger charge is 2.13. The van der Waals surface area contributed by atoms with E-state index in [4.69, 9.17) is 5.26 Å². The second-order valence-electron chi connectivity index (χ2n) is 5.48. The molecule has 0 unspecified atom stereocenters. The van der Waals surface area contributed by atoms with E-state index in [2.05, 4.69) is 5.32 Å². The topological polar surface area (TPSA) is 35.8 Å². The Morgan fingerprint density at radius 3 is 2.58 bits per heavy atom. The summed E-state index contributed by atoms with van der Waals surface area (Å²) in [6.07, 6.45) is 7.80. The molecule has 1 aliphatic carbocycles. The van der Waals surface area contributed by atoms with Crippen molar-refractivity contribution >= 4 is 5.69 Å². The first kappa shape index (κ1) is 13.9. The fraction of sp³-hybridized carbons (Fsp3) is 0.562. The fourth-order valence-corrected chi connectivity index (χ4v) is 2.75. The standard InChI is InChI=1S/C16H21FN2/c1-12-15(17)8-14(10-18)9-16(12)19-11-13-6-4-2-3-5-7-13/h8-9,13,19H,2-7,11H2,1H3. The van der Waals surface area contributed by atoms with Crippen molar-refractivity contribution in [2.45, 2.75) is 45.4 Å². The number of halogens is 1. The van der Waals surface area contributed by atoms with E-state index in [1.54, 1.807) is 13.0 Å². The first-order chi connectivity index (χ1) is 9.20. The number of rotatable bonds is 3. The maximum atomic E-state index is 13.7. The molecule has 0 saturated heterocycles. The van der Waals surface area contributed by atoms with Crippen molar-refractivity contribution in [3.05, 3.63) is 29.1 Å². The minimum atomic E-state index is -0.303. The van der Waals surface area contributed by atoms with Crippen LogP contribution in [0.4, 0.5) is 10.1 Å². The van der Waals surface area contributed by atoms with Gasteiger partial charge < -0.3 is 5.32 Å². The Hall–Kier alpha value is -1.56. The average Bonchev–Trinajstić information content (AvgIpc) is 2.69. The Labute approximate surface area is 114 Å². The van der Waals surface area contributed by atoms with Gasteiger partial charge in [-0.1, -0.05) is 25.7 Å². The monoisotopic (exact) mass is 260 g/mol. The molecule has 0 aliphatic heterocycles. The van der Waals surface area contributed by atoms with Crippen LogP contribution in [-0.4, -0.2) is 6.54 Å². The van der Waals surface area contributed by atoms with Gasteiger partial charge in [-0.25, -0.2) is 4.39 Å². The first-order valence-corrected chi connectivity index (χ1v) is 7.15. The van der Waals surface area contributed by atoms with Crippen molar-refractivity contribution in [2.24, 2.45) is 5.92 Å². The smallest absolute Gasteiger partial charge is 0.129 e. The Morgan fingerprint density at radius 1 is 1.26 bits per heavy atom. The summed E-state index contributed by atoms with van der Waals surface area (Å²) >= 11 is 0. The van der Waals surface area contributed by atoms with Gasteiger partial charge >= 0.3 is 0 Å². The van der Waals surface area contributed by atoms with E-state index in [0.717, 1.165) is 12.2 Å². The van der Waals surface area contributed by atoms with Crippen LogP contribution in [-0.2, 0) is 0 Å². The Bertz CT molecular complexity index is 468. The van der Waals surface area contributed by atoms with Crippen LogP contribution in [0.15, 0.2) is 12.1 Å². The lowest BCUT2D eigenvalue weighted by Gasteiger charge is -2.17. The third-order valence-electron chi connectivity index (χ3n) is 4.03. The molecule has 2 nitrogen and oxygen atoms in total. The summed E-state index contributed by atoms with van der Waals surface area (Å²) in [7, 11) is 0. The van der Waals surface area contributed by atoms with Crippen LogP contribution in [0, 0.1) is 30.0 Å². The average molecular weight is 260 g/mol. The predicted octanol–water partition coefficient (Wildman–Crippen LogP) is 4.39. The largest absolute Gasteiger partial charge is 0.384 e. The third-order valence-corrected chi connectivity index (χ3v) is 4.03. The first-order valence-electron chi connectivity index (χ1n) is 7.15. The molecule has 0 radical (unpaired) electrons. The van der Waals surface area contributed by atoms with Gasteiger partial charge in [0.05, 0.1) is 11.6 Å². The minimum Gasteiger partial charge on any atom is -0.384 e. The number of hydrogen-bond acceptors (Lipinski definition) is 2. The van der Waals surface area contributed by atoms with Gasteiger partial charge in [0.2, 0.25) is 0 Å². The molecule has 19 heavy (non-hydrogen) atoms. The Kier molecular flexibility index (Phi) is 4.79. The number of benzene rings is 1. The molecule has 3 heteroatoms. The summed E-state index contributed by atoms with van der Waals surface area (Å²) in [6.45, 7) is 2.64. The zero-order valence-electron chi connectivity index (χ0n) is 11.5. The summed E-state index contributed by atoms with van der Waals surface area (Å²) in [5.74, 6) is 0.373. The van der Waals surface area contributed by atoms with Crippen LogP contribution in [0.25, 0.3) is 0 Å². The van der Waals surface area contributed by atoms with E-state index in [-0.39, 0.29) is 5.82 Å². The van der Waals surface area contributed by atoms with E-state index < -0.39 is 0 Å². The van der Waals surface area contributed by atoms with Crippen LogP contribution in [0.5, 0.6) is 0 Å². The van der Waals surface area contributed by atoms with E-state index >= 15 is 0 Å². The van der Waals surface area contributed by atoms with Gasteiger partial charge in [0, 0.05) is 17.8 Å². The van der Waals surface area contributed by atoms with Crippen LogP contribution < -0.4 is 5.32 Å². The molecule has 0 aromatic heterocycles. The van der Waals surface area contributed by atoms with Crippen molar-refractivity contribution in [2.75, 3.05) is 11.9 Å². The zero-order valence-corrected chi connectivity index (χ0v) is 11.5. The van der Waals surface area contributed by atoms with E-state index in [9.17, 15) is 4.39 Å². The molecule has 1 fully saturated rings. The molecule has 0 atom stereocenters. The number of nitriles is 1. The Balaban J connectivity index is 2.02. The van der Waals surface area contributed by atoms with Gasteiger partial charge in [0.15, 0.2) is 0 Å². The molecule has 0 heterocycles. The summed E-state index contributed by atoms with van der Waals surface area (Å²) < 4.78 is 13.7. The molecule has 1 aromatic rings. The van der Waals surface area contributed by atoms with Crippen LogP contribution in [0.1, 0.15) is 49.7 Å². The molecule has 1 N–H and O–H groups in total. The molecule has 1 saturated carbocycles. The van der Waals surface area contributed by atoms with Crippen LogP contribution >= 0.6 is 0 Å². The molecule has 2 rings (SSSR count). The van der Waals surface area contributed by atoms with E-state index in [0.29, 0.717) is 17.0 Å². The normalized spacial score (nSPS) is 16.7. The molecule has 0 amide bonds. The highest BCUT2D eigenvalue weighted by atomic mass is 19.1. The lowest BCUT2D eigenvalue weighted by molar-refractivity contribution is 0.483. The summed E-state index contributed by atoms with van der Waals surface area (Å²) in [5, 5.41) is 12.2. The van der Waals surface area contributed by atoms with Crippen molar-refractivity contribution in [3.8, 4) is 6.07 Å². The number of nitrogens with zero attached hydrogens (tertiary/aromatic N) is 1. The molecule has 1 aliphatic rings. The van der Waals surface area contributed by atoms with Crippen molar-refractivity contribution in [1.82, 2.24) is 0 Å². The third kappa shape index (κ3) is 3.70. The molecular formula is C16H21FN2. The van der Waals surface area contributed by atoms with Crippen molar-refractivity contribution < 1.29 is 4.39 Å². The summed E-state index contributed by atoms with van der Waals surface area (Å²) in [5.41, 5.74) is 1.75. The number of nitrogens with one attached hydrogen (secondary N) is 1. The maximum absolute atomic E-state index is 13.7. The van der Waals surface area contributed by atoms with Gasteiger partial charge in [-0.15, -0.1) is 0 Å². The van der Waals surface area contributed by atoms with Gasteiger partial charge in [0.1, 0.15) is 5.82 Å².